The van der Waals surface area contributed by atoms with Crippen molar-refractivity contribution >= 4 is 17.5 Å². The van der Waals surface area contributed by atoms with Gasteiger partial charge in [0.05, 0.1) is 36.5 Å². The fourth-order valence-corrected chi connectivity index (χ4v) is 5.33. The molecule has 2 saturated carbocycles. The molecular weight excluding hydrogens is 631 g/mol. The molecule has 0 aromatic carbocycles. The van der Waals surface area contributed by atoms with E-state index < -0.39 is 35.9 Å². The summed E-state index contributed by atoms with van der Waals surface area (Å²) < 4.78 is 69.2. The fraction of sp³-hybridized carbons (Fsp3) is 0.586. The number of carbonyl (C=O) groups excluding carboxylic acids is 2. The molecule has 3 fully saturated rings. The number of hydrogen-bond acceptors (Lipinski definition) is 9. The van der Waals surface area contributed by atoms with Crippen LogP contribution < -0.4 is 10.6 Å². The number of carbonyl (C=O) groups is 2. The molecule has 2 N–H and O–H groups in total. The number of aromatic nitrogens is 8. The number of rotatable bonds is 6. The average molecular weight is 667 g/mol. The Kier molecular flexibility index (Phi) is 10.1. The number of fused-ring (bicyclic) bond motifs is 1. The summed E-state index contributed by atoms with van der Waals surface area (Å²) in [6, 6.07) is -0.155. The summed E-state index contributed by atoms with van der Waals surface area (Å²) in [5.41, 5.74) is 3.28. The van der Waals surface area contributed by atoms with Gasteiger partial charge in [0.1, 0.15) is 11.7 Å². The number of amides is 2. The lowest BCUT2D eigenvalue weighted by molar-refractivity contribution is -0.154. The number of alkyl halides is 5. The Balaban J connectivity index is 0.000000236. The minimum atomic E-state index is -4.46. The summed E-state index contributed by atoms with van der Waals surface area (Å²) in [5.74, 6) is -3.92. The van der Waals surface area contributed by atoms with Crippen LogP contribution >= 0.6 is 0 Å². The zero-order chi connectivity index (χ0) is 33.8. The molecule has 1 aliphatic heterocycles. The summed E-state index contributed by atoms with van der Waals surface area (Å²) in [5, 5.41) is 24.1. The van der Waals surface area contributed by atoms with Crippen LogP contribution in [0, 0.1) is 12.8 Å². The van der Waals surface area contributed by atoms with Gasteiger partial charge in [0.25, 0.3) is 5.91 Å². The summed E-state index contributed by atoms with van der Waals surface area (Å²) in [4.78, 5) is 30.2. The Morgan fingerprint density at radius 3 is 2.43 bits per heavy atom. The van der Waals surface area contributed by atoms with Gasteiger partial charge in [-0.25, -0.2) is 22.9 Å². The Hall–Kier alpha value is -4.51. The second kappa shape index (κ2) is 14.1. The lowest BCUT2D eigenvalue weighted by Gasteiger charge is -2.20. The van der Waals surface area contributed by atoms with Crippen molar-refractivity contribution in [3.63, 3.8) is 0 Å². The van der Waals surface area contributed by atoms with E-state index in [9.17, 15) is 31.5 Å². The predicted octanol–water partition coefficient (Wildman–Crippen LogP) is 4.24. The van der Waals surface area contributed by atoms with Gasteiger partial charge in [-0.15, -0.1) is 0 Å². The van der Waals surface area contributed by atoms with Gasteiger partial charge in [-0.2, -0.15) is 33.3 Å². The molecule has 1 saturated heterocycles. The molecule has 3 aliphatic rings. The van der Waals surface area contributed by atoms with E-state index in [1.54, 1.807) is 25.5 Å². The summed E-state index contributed by atoms with van der Waals surface area (Å²) in [6.45, 7) is 2.03. The summed E-state index contributed by atoms with van der Waals surface area (Å²) in [7, 11) is 1.80. The van der Waals surface area contributed by atoms with E-state index in [0.717, 1.165) is 25.0 Å². The lowest BCUT2D eigenvalue weighted by atomic mass is 9.97. The Bertz CT molecular complexity index is 1660. The van der Waals surface area contributed by atoms with E-state index >= 15 is 0 Å². The van der Waals surface area contributed by atoms with Crippen molar-refractivity contribution in [2.24, 2.45) is 13.0 Å². The van der Waals surface area contributed by atoms with E-state index in [2.05, 4.69) is 40.5 Å². The van der Waals surface area contributed by atoms with Gasteiger partial charge in [0.15, 0.2) is 11.3 Å². The first kappa shape index (κ1) is 33.8. The third kappa shape index (κ3) is 9.28. The van der Waals surface area contributed by atoms with Crippen LogP contribution in [-0.2, 0) is 24.8 Å². The maximum absolute atomic E-state index is 12.9. The van der Waals surface area contributed by atoms with Gasteiger partial charge in [0.2, 0.25) is 11.8 Å². The van der Waals surface area contributed by atoms with Gasteiger partial charge in [-0.3, -0.25) is 9.59 Å². The predicted molar refractivity (Wildman–Crippen MR) is 154 cm³/mol. The molecule has 2 amide bonds. The number of hydrogen-bond donors (Lipinski definition) is 2. The van der Waals surface area contributed by atoms with Crippen LogP contribution in [0.1, 0.15) is 90.4 Å². The Morgan fingerprint density at radius 1 is 1.13 bits per heavy atom. The van der Waals surface area contributed by atoms with Gasteiger partial charge in [-0.1, -0.05) is 11.6 Å². The highest BCUT2D eigenvalue weighted by molar-refractivity contribution is 5.93. The van der Waals surface area contributed by atoms with Crippen molar-refractivity contribution in [3.8, 4) is 0 Å². The molecule has 2 unspecified atom stereocenters. The second-order valence-electron chi connectivity index (χ2n) is 12.0. The average Bonchev–Trinajstić information content (AvgIpc) is 3.30. The highest BCUT2D eigenvalue weighted by Gasteiger charge is 2.47. The van der Waals surface area contributed by atoms with Gasteiger partial charge in [-0.05, 0) is 62.2 Å². The van der Waals surface area contributed by atoms with E-state index in [1.165, 1.54) is 15.5 Å². The molecular formula is C29H35F5N10O3. The van der Waals surface area contributed by atoms with E-state index in [0.29, 0.717) is 35.4 Å². The standard InChI is InChI=1S/C19H18F3N7O3.C6H10F2.C4H7N3/c20-19(21,22)13-5-11(17(30)26-13)3-9-4-14-25-12(8-29(14)24-6-9)7-23-18(31)16-15(10-1-2-10)27-32-28-16;7-6(8)4-2-1-3-5-6;1-4-3-5-7(2)6-4/h4,6,8,10-11,13H,1-3,5,7H2,(H,23,31)(H,26,30);1-5H2;3H,1-2H3. The summed E-state index contributed by atoms with van der Waals surface area (Å²) in [6.07, 6.45) is 4.77. The van der Waals surface area contributed by atoms with Crippen molar-refractivity contribution in [2.45, 2.75) is 95.3 Å². The molecule has 4 aromatic rings. The lowest BCUT2D eigenvalue weighted by Crippen LogP contribution is -2.38. The number of nitrogens with zero attached hydrogens (tertiary/aromatic N) is 8. The molecule has 2 aliphatic carbocycles. The smallest absolute Gasteiger partial charge is 0.345 e. The molecule has 0 spiro atoms. The molecule has 18 heteroatoms. The zero-order valence-electron chi connectivity index (χ0n) is 25.8. The van der Waals surface area contributed by atoms with Crippen molar-refractivity contribution in [1.29, 1.82) is 0 Å². The summed E-state index contributed by atoms with van der Waals surface area (Å²) >= 11 is 0. The van der Waals surface area contributed by atoms with Crippen molar-refractivity contribution in [3.05, 3.63) is 53.0 Å². The number of nitrogens with one attached hydrogen (secondary N) is 2. The largest absolute Gasteiger partial charge is 0.408 e. The molecule has 0 bridgehead atoms. The topological polar surface area (TPSA) is 158 Å². The molecule has 254 valence electrons. The molecule has 5 heterocycles. The number of halogens is 5. The quantitative estimate of drug-likeness (QED) is 0.287. The van der Waals surface area contributed by atoms with Crippen LogP contribution in [0.15, 0.2) is 29.3 Å². The van der Waals surface area contributed by atoms with Crippen molar-refractivity contribution in [1.82, 2.24) is 50.5 Å². The van der Waals surface area contributed by atoms with Crippen LogP contribution in [-0.4, -0.2) is 69.9 Å². The van der Waals surface area contributed by atoms with Crippen LogP contribution in [0.25, 0.3) is 5.65 Å². The molecule has 2 atom stereocenters. The van der Waals surface area contributed by atoms with Crippen LogP contribution in [0.2, 0.25) is 0 Å². The minimum absolute atomic E-state index is 0.118. The SMILES string of the molecule is Cc1cnn(C)n1.FC1(F)CCCCC1.O=C(NCc1cn2ncc(CC3CC(C(F)(F)F)NC3=O)cc2n1)c1nonc1C1CC1. The molecule has 13 nitrogen and oxygen atoms in total. The monoisotopic (exact) mass is 666 g/mol. The number of imidazole rings is 1. The van der Waals surface area contributed by atoms with E-state index in [4.69, 9.17) is 0 Å². The van der Waals surface area contributed by atoms with Gasteiger partial charge >= 0.3 is 6.18 Å². The van der Waals surface area contributed by atoms with E-state index in [1.807, 2.05) is 12.2 Å². The second-order valence-corrected chi connectivity index (χ2v) is 12.0. The van der Waals surface area contributed by atoms with Crippen molar-refractivity contribution < 1.29 is 36.2 Å². The third-order valence-corrected chi connectivity index (χ3v) is 7.93. The highest BCUT2D eigenvalue weighted by Crippen LogP contribution is 2.40. The molecule has 0 radical (unpaired) electrons. The van der Waals surface area contributed by atoms with Gasteiger partial charge in [0, 0.05) is 31.7 Å². The van der Waals surface area contributed by atoms with Crippen LogP contribution in [0.3, 0.4) is 0 Å². The first-order valence-corrected chi connectivity index (χ1v) is 15.3. The third-order valence-electron chi connectivity index (χ3n) is 7.93. The number of aryl methyl sites for hydroxylation is 2. The molecule has 4 aromatic heterocycles. The van der Waals surface area contributed by atoms with Crippen LogP contribution in [0.4, 0.5) is 22.0 Å². The maximum atomic E-state index is 12.9. The first-order valence-electron chi connectivity index (χ1n) is 15.3. The first-order chi connectivity index (χ1) is 22.3. The normalized spacial score (nSPS) is 20.5. The zero-order valence-corrected chi connectivity index (χ0v) is 25.8. The van der Waals surface area contributed by atoms with E-state index in [-0.39, 0.29) is 43.8 Å². The highest BCUT2D eigenvalue weighted by atomic mass is 19.4. The minimum Gasteiger partial charge on any atom is -0.345 e. The Morgan fingerprint density at radius 2 is 1.87 bits per heavy atom. The fourth-order valence-electron chi connectivity index (χ4n) is 5.33. The molecule has 47 heavy (non-hydrogen) atoms. The van der Waals surface area contributed by atoms with Crippen LogP contribution in [0.5, 0.6) is 0 Å². The van der Waals surface area contributed by atoms with Gasteiger partial charge < -0.3 is 10.6 Å². The maximum Gasteiger partial charge on any atom is 0.408 e. The van der Waals surface area contributed by atoms with Crippen molar-refractivity contribution in [2.75, 3.05) is 0 Å². The Labute approximate surface area is 265 Å². The molecule has 7 rings (SSSR count).